The first-order valence-corrected chi connectivity index (χ1v) is 4.63. The van der Waals surface area contributed by atoms with Gasteiger partial charge >= 0.3 is 0 Å². The lowest BCUT2D eigenvalue weighted by molar-refractivity contribution is -0.115. The molecule has 15 heavy (non-hydrogen) atoms. The Balaban J connectivity index is 3.01. The van der Waals surface area contributed by atoms with E-state index in [1.165, 1.54) is 19.1 Å². The van der Waals surface area contributed by atoms with Gasteiger partial charge in [-0.05, 0) is 19.1 Å². The normalized spacial score (nSPS) is 11.6. The maximum Gasteiger partial charge on any atom is 0.242 e. The third kappa shape index (κ3) is 2.67. The quantitative estimate of drug-likeness (QED) is 0.787. The molecular formula is C10H8ClFN2O. The maximum atomic E-state index is 13.1. The van der Waals surface area contributed by atoms with Gasteiger partial charge < -0.3 is 5.32 Å². The largest absolute Gasteiger partial charge is 0.324 e. The molecule has 0 aliphatic rings. The number of hydrogen-bond acceptors (Lipinski definition) is 2. The number of nitriles is 1. The molecule has 1 aromatic carbocycles. The molecule has 78 valence electrons. The number of rotatable bonds is 2. The minimum absolute atomic E-state index is 0.134. The predicted molar refractivity (Wildman–Crippen MR) is 55.1 cm³/mol. The fourth-order valence-electron chi connectivity index (χ4n) is 0.974. The van der Waals surface area contributed by atoms with Crippen LogP contribution in [0.15, 0.2) is 18.2 Å². The summed E-state index contributed by atoms with van der Waals surface area (Å²) in [6.07, 6.45) is 0. The van der Waals surface area contributed by atoms with Gasteiger partial charge in [0, 0.05) is 0 Å². The molecule has 0 aliphatic heterocycles. The van der Waals surface area contributed by atoms with E-state index in [1.807, 2.05) is 0 Å². The molecule has 1 N–H and O–H groups in total. The number of nitrogens with zero attached hydrogens (tertiary/aromatic N) is 1. The highest BCUT2D eigenvalue weighted by Gasteiger charge is 2.13. The summed E-state index contributed by atoms with van der Waals surface area (Å²) in [6, 6.07) is 5.68. The minimum Gasteiger partial charge on any atom is -0.324 e. The number of amides is 1. The zero-order chi connectivity index (χ0) is 11.4. The van der Waals surface area contributed by atoms with Gasteiger partial charge in [-0.25, -0.2) is 4.39 Å². The molecule has 0 fully saturated rings. The third-order valence-electron chi connectivity index (χ3n) is 1.74. The monoisotopic (exact) mass is 226 g/mol. The van der Waals surface area contributed by atoms with Crippen LogP contribution in [-0.4, -0.2) is 11.3 Å². The van der Waals surface area contributed by atoms with Crippen molar-refractivity contribution in [3.8, 4) is 6.07 Å². The van der Waals surface area contributed by atoms with E-state index in [0.717, 1.165) is 6.07 Å². The van der Waals surface area contributed by atoms with Crippen molar-refractivity contribution in [3.63, 3.8) is 0 Å². The smallest absolute Gasteiger partial charge is 0.242 e. The van der Waals surface area contributed by atoms with E-state index in [0.29, 0.717) is 0 Å². The van der Waals surface area contributed by atoms with Crippen molar-refractivity contribution >= 4 is 23.2 Å². The van der Waals surface area contributed by atoms with Crippen molar-refractivity contribution in [1.82, 2.24) is 0 Å². The van der Waals surface area contributed by atoms with Crippen LogP contribution in [0.25, 0.3) is 0 Å². The number of halogens is 2. The molecule has 0 bridgehead atoms. The highest BCUT2D eigenvalue weighted by atomic mass is 35.5. The van der Waals surface area contributed by atoms with Crippen LogP contribution in [0.2, 0.25) is 0 Å². The average molecular weight is 227 g/mol. The molecule has 0 aromatic heterocycles. The lowest BCUT2D eigenvalue weighted by Gasteiger charge is -2.08. The van der Waals surface area contributed by atoms with E-state index < -0.39 is 17.1 Å². The number of benzene rings is 1. The molecule has 0 spiro atoms. The Bertz CT molecular complexity index is 426. The van der Waals surface area contributed by atoms with Crippen LogP contribution in [-0.2, 0) is 4.79 Å². The van der Waals surface area contributed by atoms with Crippen LogP contribution < -0.4 is 5.32 Å². The van der Waals surface area contributed by atoms with Crippen molar-refractivity contribution in [2.75, 3.05) is 5.32 Å². The average Bonchev–Trinajstić information content (AvgIpc) is 2.18. The van der Waals surface area contributed by atoms with E-state index >= 15 is 0 Å². The standard InChI is InChI=1S/C10H8ClFN2O/c1-6(11)10(15)14-9-4-2-3-8(12)7(9)5-13/h2-4,6H,1H3,(H,14,15). The van der Waals surface area contributed by atoms with Gasteiger partial charge in [0.25, 0.3) is 0 Å². The molecule has 1 amide bonds. The van der Waals surface area contributed by atoms with Crippen molar-refractivity contribution in [2.24, 2.45) is 0 Å². The Labute approximate surface area is 91.5 Å². The Kier molecular flexibility index (Phi) is 3.64. The molecule has 0 radical (unpaired) electrons. The van der Waals surface area contributed by atoms with Gasteiger partial charge in [-0.1, -0.05) is 6.07 Å². The van der Waals surface area contributed by atoms with Crippen molar-refractivity contribution in [2.45, 2.75) is 12.3 Å². The SMILES string of the molecule is CC(Cl)C(=O)Nc1cccc(F)c1C#N. The second kappa shape index (κ2) is 4.76. The summed E-state index contributed by atoms with van der Waals surface area (Å²) in [4.78, 5) is 11.2. The molecule has 5 heteroatoms. The molecular weight excluding hydrogens is 219 g/mol. The van der Waals surface area contributed by atoms with E-state index in [1.54, 1.807) is 6.07 Å². The fraction of sp³-hybridized carbons (Fsp3) is 0.200. The first-order valence-electron chi connectivity index (χ1n) is 4.19. The number of carbonyl (C=O) groups excluding carboxylic acids is 1. The molecule has 1 rings (SSSR count). The lowest BCUT2D eigenvalue weighted by atomic mass is 10.2. The van der Waals surface area contributed by atoms with E-state index in [2.05, 4.69) is 5.32 Å². The second-order valence-electron chi connectivity index (χ2n) is 2.88. The van der Waals surface area contributed by atoms with Gasteiger partial charge in [-0.15, -0.1) is 11.6 Å². The van der Waals surface area contributed by atoms with E-state index in [9.17, 15) is 9.18 Å². The minimum atomic E-state index is -0.736. The summed E-state index contributed by atoms with van der Waals surface area (Å²) >= 11 is 5.52. The van der Waals surface area contributed by atoms with Crippen LogP contribution in [0.1, 0.15) is 12.5 Å². The zero-order valence-corrected chi connectivity index (χ0v) is 8.68. The Morgan fingerprint density at radius 3 is 2.87 bits per heavy atom. The molecule has 1 aromatic rings. The number of carbonyl (C=O) groups is 1. The molecule has 0 saturated carbocycles. The van der Waals surface area contributed by atoms with Gasteiger partial charge in [0.2, 0.25) is 5.91 Å². The topological polar surface area (TPSA) is 52.9 Å². The molecule has 0 saturated heterocycles. The van der Waals surface area contributed by atoms with Crippen LogP contribution in [0.3, 0.4) is 0 Å². The van der Waals surface area contributed by atoms with Crippen molar-refractivity contribution in [3.05, 3.63) is 29.6 Å². The number of anilines is 1. The Morgan fingerprint density at radius 2 is 2.33 bits per heavy atom. The summed E-state index contributed by atoms with van der Waals surface area (Å²) in [5.41, 5.74) is -0.0573. The van der Waals surface area contributed by atoms with Gasteiger partial charge in [0.15, 0.2) is 0 Å². The Morgan fingerprint density at radius 1 is 1.67 bits per heavy atom. The molecule has 0 aliphatic carbocycles. The van der Waals surface area contributed by atoms with Crippen LogP contribution in [0.5, 0.6) is 0 Å². The Hall–Kier alpha value is -1.60. The first kappa shape index (κ1) is 11.5. The summed E-state index contributed by atoms with van der Waals surface area (Å²) in [6.45, 7) is 1.49. The highest BCUT2D eigenvalue weighted by Crippen LogP contribution is 2.18. The lowest BCUT2D eigenvalue weighted by Crippen LogP contribution is -2.21. The molecule has 3 nitrogen and oxygen atoms in total. The van der Waals surface area contributed by atoms with Gasteiger partial charge in [-0.3, -0.25) is 4.79 Å². The van der Waals surface area contributed by atoms with E-state index in [4.69, 9.17) is 16.9 Å². The number of alkyl halides is 1. The predicted octanol–water partition coefficient (Wildman–Crippen LogP) is 2.26. The fourth-order valence-corrected chi connectivity index (χ4v) is 1.03. The third-order valence-corrected chi connectivity index (χ3v) is 1.94. The van der Waals surface area contributed by atoms with Crippen LogP contribution >= 0.6 is 11.6 Å². The summed E-state index contributed by atoms with van der Waals surface area (Å²) in [7, 11) is 0. The number of nitrogens with one attached hydrogen (secondary N) is 1. The van der Waals surface area contributed by atoms with Gasteiger partial charge in [0.05, 0.1) is 5.69 Å². The van der Waals surface area contributed by atoms with Gasteiger partial charge in [0.1, 0.15) is 22.8 Å². The molecule has 1 atom stereocenters. The molecule has 1 unspecified atom stereocenters. The van der Waals surface area contributed by atoms with Crippen molar-refractivity contribution < 1.29 is 9.18 Å². The summed E-state index contributed by atoms with van der Waals surface area (Å²) in [5.74, 6) is -1.14. The van der Waals surface area contributed by atoms with Crippen LogP contribution in [0, 0.1) is 17.1 Å². The van der Waals surface area contributed by atoms with E-state index in [-0.39, 0.29) is 11.3 Å². The van der Waals surface area contributed by atoms with Crippen LogP contribution in [0.4, 0.5) is 10.1 Å². The molecule has 0 heterocycles. The number of hydrogen-bond donors (Lipinski definition) is 1. The first-order chi connectivity index (χ1) is 7.06. The maximum absolute atomic E-state index is 13.1. The summed E-state index contributed by atoms with van der Waals surface area (Å²) < 4.78 is 13.1. The second-order valence-corrected chi connectivity index (χ2v) is 3.53. The highest BCUT2D eigenvalue weighted by molar-refractivity contribution is 6.32. The zero-order valence-electron chi connectivity index (χ0n) is 7.92. The van der Waals surface area contributed by atoms with Crippen molar-refractivity contribution in [1.29, 1.82) is 5.26 Å². The van der Waals surface area contributed by atoms with Gasteiger partial charge in [-0.2, -0.15) is 5.26 Å². The summed E-state index contributed by atoms with van der Waals surface area (Å²) in [5, 5.41) is 10.3.